The molecule has 0 saturated carbocycles. The molecule has 1 aromatic heterocycles. The maximum Gasteiger partial charge on any atom is 0.167 e. The van der Waals surface area contributed by atoms with E-state index in [4.69, 9.17) is 10.5 Å². The van der Waals surface area contributed by atoms with Crippen molar-refractivity contribution >= 4 is 11.5 Å². The lowest BCUT2D eigenvalue weighted by Gasteiger charge is -2.09. The molecule has 0 radical (unpaired) electrons. The number of ketones is 1. The van der Waals surface area contributed by atoms with E-state index in [-0.39, 0.29) is 29.4 Å². The van der Waals surface area contributed by atoms with E-state index in [1.165, 1.54) is 18.3 Å². The van der Waals surface area contributed by atoms with Gasteiger partial charge in [-0.3, -0.25) is 9.78 Å². The maximum absolute atomic E-state index is 13.6. The molecule has 1 aromatic carbocycles. The topological polar surface area (TPSA) is 65.2 Å². The van der Waals surface area contributed by atoms with Gasteiger partial charge in [0.15, 0.2) is 11.6 Å². The van der Waals surface area contributed by atoms with Gasteiger partial charge in [-0.2, -0.15) is 0 Å². The van der Waals surface area contributed by atoms with E-state index in [9.17, 15) is 13.6 Å². The average Bonchev–Trinajstić information content (AvgIpc) is 2.45. The number of Topliss-reactive ketones (excluding diaryl/α,β-unsaturated/α-hetero) is 1. The van der Waals surface area contributed by atoms with Crippen LogP contribution in [0.4, 0.5) is 14.5 Å². The zero-order valence-electron chi connectivity index (χ0n) is 11.4. The molecular weight excluding hydrogens is 278 g/mol. The zero-order valence-corrected chi connectivity index (χ0v) is 11.4. The summed E-state index contributed by atoms with van der Waals surface area (Å²) in [6, 6.07) is 4.74. The van der Waals surface area contributed by atoms with Crippen LogP contribution in [0.2, 0.25) is 0 Å². The normalized spacial score (nSPS) is 10.4. The summed E-state index contributed by atoms with van der Waals surface area (Å²) in [7, 11) is 0. The summed E-state index contributed by atoms with van der Waals surface area (Å²) in [6.45, 7) is 1.76. The van der Waals surface area contributed by atoms with Gasteiger partial charge >= 0.3 is 0 Å². The molecule has 110 valence electrons. The Morgan fingerprint density at radius 3 is 2.76 bits per heavy atom. The van der Waals surface area contributed by atoms with Crippen LogP contribution in [0, 0.1) is 11.6 Å². The molecule has 21 heavy (non-hydrogen) atoms. The highest BCUT2D eigenvalue weighted by Crippen LogP contribution is 2.28. The van der Waals surface area contributed by atoms with E-state index in [2.05, 4.69) is 4.98 Å². The smallest absolute Gasteiger partial charge is 0.167 e. The molecule has 2 rings (SSSR count). The van der Waals surface area contributed by atoms with Crippen molar-refractivity contribution in [2.24, 2.45) is 0 Å². The van der Waals surface area contributed by atoms with Gasteiger partial charge in [0.1, 0.15) is 17.3 Å². The summed E-state index contributed by atoms with van der Waals surface area (Å²) in [5.41, 5.74) is 5.48. The monoisotopic (exact) mass is 292 g/mol. The van der Waals surface area contributed by atoms with Gasteiger partial charge in [-0.1, -0.05) is 6.92 Å². The van der Waals surface area contributed by atoms with Gasteiger partial charge < -0.3 is 10.5 Å². The number of nitrogen functional groups attached to an aromatic ring is 1. The van der Waals surface area contributed by atoms with Crippen molar-refractivity contribution in [2.45, 2.75) is 19.8 Å². The second kappa shape index (κ2) is 6.30. The van der Waals surface area contributed by atoms with Crippen molar-refractivity contribution in [3.8, 4) is 11.5 Å². The summed E-state index contributed by atoms with van der Waals surface area (Å²) in [4.78, 5) is 15.4. The van der Waals surface area contributed by atoms with Crippen molar-refractivity contribution in [3.05, 3.63) is 47.8 Å². The molecule has 6 heteroatoms. The lowest BCUT2D eigenvalue weighted by Crippen LogP contribution is -2.02. The molecule has 0 amide bonds. The van der Waals surface area contributed by atoms with Crippen molar-refractivity contribution in [3.63, 3.8) is 0 Å². The molecule has 1 heterocycles. The molecule has 4 nitrogen and oxygen atoms in total. The fourth-order valence-corrected chi connectivity index (χ4v) is 1.69. The van der Waals surface area contributed by atoms with Crippen LogP contribution in [-0.2, 0) is 11.2 Å². The number of rotatable bonds is 5. The highest BCUT2D eigenvalue weighted by Gasteiger charge is 2.11. The summed E-state index contributed by atoms with van der Waals surface area (Å²) in [5, 5.41) is 0. The van der Waals surface area contributed by atoms with Gasteiger partial charge in [-0.15, -0.1) is 0 Å². The summed E-state index contributed by atoms with van der Waals surface area (Å²) in [5.74, 6) is -1.50. The fraction of sp³-hybridized carbons (Fsp3) is 0.200. The highest BCUT2D eigenvalue weighted by molar-refractivity contribution is 5.80. The lowest BCUT2D eigenvalue weighted by molar-refractivity contribution is -0.118. The fourth-order valence-electron chi connectivity index (χ4n) is 1.69. The number of hydrogen-bond donors (Lipinski definition) is 1. The largest absolute Gasteiger partial charge is 0.454 e. The second-order valence-corrected chi connectivity index (χ2v) is 4.46. The lowest BCUT2D eigenvalue weighted by atomic mass is 10.1. The molecule has 2 N–H and O–H groups in total. The Labute approximate surface area is 120 Å². The number of nitrogens with zero attached hydrogens (tertiary/aromatic N) is 1. The third-order valence-corrected chi connectivity index (χ3v) is 2.84. The molecule has 2 aromatic rings. The van der Waals surface area contributed by atoms with Crippen LogP contribution in [0.25, 0.3) is 0 Å². The van der Waals surface area contributed by atoms with Crippen molar-refractivity contribution in [2.75, 3.05) is 5.73 Å². The van der Waals surface area contributed by atoms with Gasteiger partial charge in [-0.05, 0) is 6.07 Å². The predicted octanol–water partition coefficient (Wildman–Crippen LogP) is 3.26. The van der Waals surface area contributed by atoms with E-state index in [0.717, 1.165) is 12.1 Å². The van der Waals surface area contributed by atoms with Crippen molar-refractivity contribution in [1.29, 1.82) is 0 Å². The van der Waals surface area contributed by atoms with Gasteiger partial charge in [0.2, 0.25) is 0 Å². The first-order chi connectivity index (χ1) is 9.99. The Morgan fingerprint density at radius 1 is 1.29 bits per heavy atom. The number of ether oxygens (including phenoxy) is 1. The van der Waals surface area contributed by atoms with Gasteiger partial charge in [0, 0.05) is 37.2 Å². The number of halogens is 2. The number of carbonyl (C=O) groups is 1. The van der Waals surface area contributed by atoms with Gasteiger partial charge in [0.05, 0.1) is 11.4 Å². The standard InChI is InChI=1S/C15H14F2N2O2/c1-2-10(20)5-9-6-11(3-4-19-9)21-15-8-12(16)14(18)7-13(15)17/h3-4,6-8H,2,5,18H2,1H3. The SMILES string of the molecule is CCC(=O)Cc1cc(Oc2cc(F)c(N)cc2F)ccn1. The van der Waals surface area contributed by atoms with Crippen molar-refractivity contribution < 1.29 is 18.3 Å². The summed E-state index contributed by atoms with van der Waals surface area (Å²) < 4.78 is 32.2. The number of aromatic nitrogens is 1. The molecule has 0 aliphatic carbocycles. The first kappa shape index (κ1) is 14.9. The third-order valence-electron chi connectivity index (χ3n) is 2.84. The van der Waals surface area contributed by atoms with Crippen LogP contribution in [0.1, 0.15) is 19.0 Å². The minimum absolute atomic E-state index is 0.0318. The number of carbonyl (C=O) groups excluding carboxylic acids is 1. The highest BCUT2D eigenvalue weighted by atomic mass is 19.1. The molecular formula is C15H14F2N2O2. The first-order valence-corrected chi connectivity index (χ1v) is 6.38. The maximum atomic E-state index is 13.6. The molecule has 0 atom stereocenters. The molecule has 0 bridgehead atoms. The van der Waals surface area contributed by atoms with Crippen LogP contribution in [-0.4, -0.2) is 10.8 Å². The Kier molecular flexibility index (Phi) is 4.47. The van der Waals surface area contributed by atoms with E-state index in [1.807, 2.05) is 0 Å². The van der Waals surface area contributed by atoms with Crippen LogP contribution >= 0.6 is 0 Å². The van der Waals surface area contributed by atoms with Crippen LogP contribution in [0.5, 0.6) is 11.5 Å². The Balaban J connectivity index is 2.22. The average molecular weight is 292 g/mol. The van der Waals surface area contributed by atoms with Crippen molar-refractivity contribution in [1.82, 2.24) is 4.98 Å². The number of pyridine rings is 1. The van der Waals surface area contributed by atoms with Crippen LogP contribution in [0.15, 0.2) is 30.5 Å². The minimum Gasteiger partial charge on any atom is -0.454 e. The molecule has 0 aliphatic heterocycles. The van der Waals surface area contributed by atoms with E-state index < -0.39 is 11.6 Å². The quantitative estimate of drug-likeness (QED) is 0.859. The van der Waals surface area contributed by atoms with Crippen LogP contribution < -0.4 is 10.5 Å². The molecule has 0 spiro atoms. The molecule has 0 unspecified atom stereocenters. The first-order valence-electron chi connectivity index (χ1n) is 6.38. The molecule has 0 saturated heterocycles. The third kappa shape index (κ3) is 3.75. The zero-order chi connectivity index (χ0) is 15.4. The van der Waals surface area contributed by atoms with E-state index in [0.29, 0.717) is 12.1 Å². The summed E-state index contributed by atoms with van der Waals surface area (Å²) in [6.07, 6.45) is 2.02. The van der Waals surface area contributed by atoms with Crippen LogP contribution in [0.3, 0.4) is 0 Å². The summed E-state index contributed by atoms with van der Waals surface area (Å²) >= 11 is 0. The Morgan fingerprint density at radius 2 is 2.05 bits per heavy atom. The second-order valence-electron chi connectivity index (χ2n) is 4.46. The number of anilines is 1. The Hall–Kier alpha value is -2.50. The molecule has 0 aliphatic rings. The Bertz CT molecular complexity index is 675. The number of nitrogens with two attached hydrogens (primary N) is 1. The number of benzene rings is 1. The van der Waals surface area contributed by atoms with E-state index in [1.54, 1.807) is 6.92 Å². The predicted molar refractivity (Wildman–Crippen MR) is 74.1 cm³/mol. The number of hydrogen-bond acceptors (Lipinski definition) is 4. The van der Waals surface area contributed by atoms with Gasteiger partial charge in [-0.25, -0.2) is 8.78 Å². The minimum atomic E-state index is -0.767. The molecule has 0 fully saturated rings. The van der Waals surface area contributed by atoms with E-state index >= 15 is 0 Å². The van der Waals surface area contributed by atoms with Gasteiger partial charge in [0.25, 0.3) is 0 Å².